The van der Waals surface area contributed by atoms with E-state index in [1.165, 1.54) is 11.3 Å². The molecule has 0 unspecified atom stereocenters. The van der Waals surface area contributed by atoms with Gasteiger partial charge in [-0.1, -0.05) is 12.1 Å². The Bertz CT molecular complexity index is 551. The Balaban J connectivity index is 1.97. The maximum Gasteiger partial charge on any atom is 0.261 e. The smallest absolute Gasteiger partial charge is 0.261 e. The molecule has 0 atom stereocenters. The summed E-state index contributed by atoms with van der Waals surface area (Å²) in [6.45, 7) is 0.482. The van der Waals surface area contributed by atoms with Crippen molar-refractivity contribution in [1.82, 2.24) is 5.32 Å². The molecule has 1 N–H and O–H groups in total. The number of hydrogen-bond acceptors (Lipinski definition) is 4. The molecular weight excluding hydrogens is 266 g/mol. The molecule has 5 heteroatoms. The van der Waals surface area contributed by atoms with Crippen molar-refractivity contribution in [2.24, 2.45) is 0 Å². The van der Waals surface area contributed by atoms with Crippen molar-refractivity contribution in [3.8, 4) is 5.75 Å². The van der Waals surface area contributed by atoms with Gasteiger partial charge in [-0.25, -0.2) is 0 Å². The maximum absolute atomic E-state index is 11.8. The van der Waals surface area contributed by atoms with Crippen molar-refractivity contribution >= 4 is 29.9 Å². The molecule has 18 heavy (non-hydrogen) atoms. The van der Waals surface area contributed by atoms with Crippen LogP contribution < -0.4 is 10.1 Å². The molecule has 0 aliphatic carbocycles. The minimum Gasteiger partial charge on any atom is -0.497 e. The first-order chi connectivity index (χ1) is 8.69. The van der Waals surface area contributed by atoms with Crippen LogP contribution in [-0.4, -0.2) is 13.0 Å². The number of carbonyl (C=O) groups is 1. The van der Waals surface area contributed by atoms with E-state index in [2.05, 4.69) is 17.9 Å². The Kier molecular flexibility index (Phi) is 4.28. The van der Waals surface area contributed by atoms with Gasteiger partial charge in [0, 0.05) is 16.8 Å². The number of thiophene rings is 1. The Morgan fingerprint density at radius 2 is 2.28 bits per heavy atom. The summed E-state index contributed by atoms with van der Waals surface area (Å²) in [6, 6.07) is 9.38. The van der Waals surface area contributed by atoms with Crippen molar-refractivity contribution in [2.45, 2.75) is 11.4 Å². The van der Waals surface area contributed by atoms with E-state index in [1.807, 2.05) is 29.6 Å². The molecule has 2 aromatic rings. The molecule has 3 nitrogen and oxygen atoms in total. The molecule has 0 saturated carbocycles. The molecule has 0 radical (unpaired) electrons. The molecule has 94 valence electrons. The van der Waals surface area contributed by atoms with Crippen molar-refractivity contribution in [3.63, 3.8) is 0 Å². The van der Waals surface area contributed by atoms with Gasteiger partial charge in [-0.3, -0.25) is 4.79 Å². The van der Waals surface area contributed by atoms with Gasteiger partial charge in [0.1, 0.15) is 5.75 Å². The fraction of sp³-hybridized carbons (Fsp3) is 0.154. The highest BCUT2D eigenvalue weighted by Gasteiger charge is 2.07. The number of hydrogen-bond donors (Lipinski definition) is 2. The van der Waals surface area contributed by atoms with Crippen LogP contribution in [0.1, 0.15) is 15.2 Å². The zero-order valence-corrected chi connectivity index (χ0v) is 11.6. The van der Waals surface area contributed by atoms with Crippen LogP contribution in [0.5, 0.6) is 5.75 Å². The fourth-order valence-corrected chi connectivity index (χ4v) is 2.56. The summed E-state index contributed by atoms with van der Waals surface area (Å²) in [5, 5.41) is 4.70. The zero-order valence-electron chi connectivity index (χ0n) is 9.84. The average Bonchev–Trinajstić information content (AvgIpc) is 2.83. The van der Waals surface area contributed by atoms with Gasteiger partial charge in [0.15, 0.2) is 0 Å². The van der Waals surface area contributed by atoms with Crippen LogP contribution >= 0.6 is 24.0 Å². The quantitative estimate of drug-likeness (QED) is 0.844. The zero-order chi connectivity index (χ0) is 13.0. The van der Waals surface area contributed by atoms with Crippen molar-refractivity contribution in [2.75, 3.05) is 7.11 Å². The molecule has 1 heterocycles. The summed E-state index contributed by atoms with van der Waals surface area (Å²) >= 11 is 5.57. The molecule has 0 aliphatic rings. The van der Waals surface area contributed by atoms with Crippen molar-refractivity contribution in [3.05, 3.63) is 46.2 Å². The lowest BCUT2D eigenvalue weighted by molar-refractivity contribution is 0.0955. The second-order valence-corrected chi connectivity index (χ2v) is 5.13. The highest BCUT2D eigenvalue weighted by molar-refractivity contribution is 7.80. The molecule has 1 amide bonds. The van der Waals surface area contributed by atoms with Gasteiger partial charge in [-0.15, -0.1) is 24.0 Å². The van der Waals surface area contributed by atoms with E-state index in [0.29, 0.717) is 11.4 Å². The van der Waals surface area contributed by atoms with E-state index in [9.17, 15) is 4.79 Å². The van der Waals surface area contributed by atoms with E-state index >= 15 is 0 Å². The summed E-state index contributed by atoms with van der Waals surface area (Å²) in [5.74, 6) is 0.707. The van der Waals surface area contributed by atoms with Gasteiger partial charge in [0.2, 0.25) is 0 Å². The lowest BCUT2D eigenvalue weighted by atomic mass is 10.2. The van der Waals surface area contributed by atoms with Gasteiger partial charge in [-0.2, -0.15) is 0 Å². The van der Waals surface area contributed by atoms with Crippen molar-refractivity contribution < 1.29 is 9.53 Å². The van der Waals surface area contributed by atoms with Crippen LogP contribution in [0.15, 0.2) is 40.6 Å². The second kappa shape index (κ2) is 5.93. The van der Waals surface area contributed by atoms with Gasteiger partial charge >= 0.3 is 0 Å². The summed E-state index contributed by atoms with van der Waals surface area (Å²) in [4.78, 5) is 13.3. The van der Waals surface area contributed by atoms with E-state index in [-0.39, 0.29) is 5.91 Å². The highest BCUT2D eigenvalue weighted by atomic mass is 32.1. The lowest BCUT2D eigenvalue weighted by Gasteiger charge is -2.05. The molecule has 2 rings (SSSR count). The summed E-state index contributed by atoms with van der Waals surface area (Å²) in [7, 11) is 1.62. The molecule has 0 spiro atoms. The molecule has 0 aliphatic heterocycles. The normalized spacial score (nSPS) is 10.1. The first kappa shape index (κ1) is 13.0. The van der Waals surface area contributed by atoms with Crippen molar-refractivity contribution in [1.29, 1.82) is 0 Å². The second-order valence-electron chi connectivity index (χ2n) is 3.70. The maximum atomic E-state index is 11.8. The van der Waals surface area contributed by atoms with Crippen LogP contribution in [-0.2, 0) is 6.54 Å². The molecule has 0 bridgehead atoms. The van der Waals surface area contributed by atoms with Crippen LogP contribution in [0.25, 0.3) is 0 Å². The van der Waals surface area contributed by atoms with Gasteiger partial charge in [0.25, 0.3) is 5.91 Å². The number of benzene rings is 1. The number of ether oxygens (including phenoxy) is 1. The standard InChI is InChI=1S/C13H13NO2S2/c1-16-10-4-2-3-9(5-10)7-14-13(15)12-6-11(17)8-18-12/h2-6,8,17H,7H2,1H3,(H,14,15). The molecule has 1 aromatic heterocycles. The number of methoxy groups -OCH3 is 1. The number of nitrogens with one attached hydrogen (secondary N) is 1. The Morgan fingerprint density at radius 1 is 1.44 bits per heavy atom. The minimum atomic E-state index is -0.0804. The number of carbonyl (C=O) groups excluding carboxylic acids is 1. The van der Waals surface area contributed by atoms with Gasteiger partial charge < -0.3 is 10.1 Å². The Labute approximate surface area is 115 Å². The number of thiol groups is 1. The van der Waals surface area contributed by atoms with E-state index in [0.717, 1.165) is 16.2 Å². The topological polar surface area (TPSA) is 38.3 Å². The third kappa shape index (κ3) is 3.27. The van der Waals surface area contributed by atoms with Gasteiger partial charge in [-0.05, 0) is 23.8 Å². The minimum absolute atomic E-state index is 0.0804. The van der Waals surface area contributed by atoms with E-state index in [1.54, 1.807) is 13.2 Å². The first-order valence-corrected chi connectivity index (χ1v) is 6.70. The first-order valence-electron chi connectivity index (χ1n) is 5.37. The Hall–Kier alpha value is -1.46. The SMILES string of the molecule is COc1cccc(CNC(=O)c2cc(S)cs2)c1. The highest BCUT2D eigenvalue weighted by Crippen LogP contribution is 2.17. The van der Waals surface area contributed by atoms with Crippen LogP contribution in [0.2, 0.25) is 0 Å². The molecular formula is C13H13NO2S2. The van der Waals surface area contributed by atoms with Crippen LogP contribution in [0.3, 0.4) is 0 Å². The Morgan fingerprint density at radius 3 is 2.94 bits per heavy atom. The summed E-state index contributed by atoms with van der Waals surface area (Å²) in [6.07, 6.45) is 0. The largest absolute Gasteiger partial charge is 0.497 e. The fourth-order valence-electron chi connectivity index (χ4n) is 1.50. The monoisotopic (exact) mass is 279 g/mol. The predicted molar refractivity (Wildman–Crippen MR) is 75.7 cm³/mol. The molecule has 0 saturated heterocycles. The number of rotatable bonds is 4. The third-order valence-corrected chi connectivity index (χ3v) is 3.76. The van der Waals surface area contributed by atoms with Gasteiger partial charge in [0.05, 0.1) is 12.0 Å². The molecule has 0 fully saturated rings. The lowest BCUT2D eigenvalue weighted by Crippen LogP contribution is -2.21. The number of amides is 1. The van der Waals surface area contributed by atoms with Crippen LogP contribution in [0, 0.1) is 0 Å². The molecule has 1 aromatic carbocycles. The average molecular weight is 279 g/mol. The van der Waals surface area contributed by atoms with E-state index < -0.39 is 0 Å². The summed E-state index contributed by atoms with van der Waals surface area (Å²) in [5.41, 5.74) is 1.00. The van der Waals surface area contributed by atoms with Crippen LogP contribution in [0.4, 0.5) is 0 Å². The summed E-state index contributed by atoms with van der Waals surface area (Å²) < 4.78 is 5.13. The third-order valence-electron chi connectivity index (χ3n) is 2.40. The van der Waals surface area contributed by atoms with E-state index in [4.69, 9.17) is 4.74 Å². The predicted octanol–water partition coefficient (Wildman–Crippen LogP) is 2.98.